The molecule has 0 bridgehead atoms. The van der Waals surface area contributed by atoms with Gasteiger partial charge in [0.15, 0.2) is 0 Å². The maximum Gasteiger partial charge on any atom is 0.339 e. The summed E-state index contributed by atoms with van der Waals surface area (Å²) in [5, 5.41) is 14.2. The number of hydrogen-bond donors (Lipinski definition) is 2. The highest BCUT2D eigenvalue weighted by molar-refractivity contribution is 7.89. The van der Waals surface area contributed by atoms with Crippen LogP contribution in [0, 0.1) is 0 Å². The van der Waals surface area contributed by atoms with Gasteiger partial charge < -0.3 is 14.7 Å². The van der Waals surface area contributed by atoms with Gasteiger partial charge in [0.05, 0.1) is 4.90 Å². The SMILES string of the molecule is CN(C)C(C)(C)COc1ccc(S(N)(=O)=O)cc1C(=O)O. The van der Waals surface area contributed by atoms with E-state index in [0.29, 0.717) is 0 Å². The van der Waals surface area contributed by atoms with Crippen molar-refractivity contribution in [3.63, 3.8) is 0 Å². The van der Waals surface area contributed by atoms with Gasteiger partial charge in [0.2, 0.25) is 10.0 Å². The van der Waals surface area contributed by atoms with Gasteiger partial charge in [-0.2, -0.15) is 0 Å². The molecule has 7 nitrogen and oxygen atoms in total. The predicted molar refractivity (Wildman–Crippen MR) is 78.0 cm³/mol. The summed E-state index contributed by atoms with van der Waals surface area (Å²) in [4.78, 5) is 12.9. The number of carboxylic acid groups (broad SMARTS) is 1. The van der Waals surface area contributed by atoms with E-state index in [1.54, 1.807) is 0 Å². The Hall–Kier alpha value is -1.64. The molecule has 0 amide bonds. The second-order valence-electron chi connectivity index (χ2n) is 5.50. The largest absolute Gasteiger partial charge is 0.491 e. The Kier molecular flexibility index (Phi) is 4.98. The van der Waals surface area contributed by atoms with E-state index in [1.165, 1.54) is 12.1 Å². The molecule has 0 spiro atoms. The highest BCUT2D eigenvalue weighted by Gasteiger charge is 2.23. The molecule has 1 aromatic carbocycles. The summed E-state index contributed by atoms with van der Waals surface area (Å²) in [6.07, 6.45) is 0. The molecule has 0 saturated carbocycles. The molecule has 0 fully saturated rings. The summed E-state index contributed by atoms with van der Waals surface area (Å²) in [5.41, 5.74) is -0.551. The van der Waals surface area contributed by atoms with Gasteiger partial charge in [0.25, 0.3) is 0 Å². The highest BCUT2D eigenvalue weighted by Crippen LogP contribution is 2.24. The first-order chi connectivity index (χ1) is 9.45. The van der Waals surface area contributed by atoms with Crippen molar-refractivity contribution < 1.29 is 23.1 Å². The van der Waals surface area contributed by atoms with Gasteiger partial charge in [-0.05, 0) is 46.1 Å². The van der Waals surface area contributed by atoms with Gasteiger partial charge in [-0.15, -0.1) is 0 Å². The van der Waals surface area contributed by atoms with Crippen molar-refractivity contribution in [3.8, 4) is 5.75 Å². The van der Waals surface area contributed by atoms with Crippen LogP contribution < -0.4 is 9.88 Å². The third kappa shape index (κ3) is 4.42. The molecule has 0 atom stereocenters. The molecule has 1 rings (SSSR count). The molecular formula is C13H20N2O5S. The van der Waals surface area contributed by atoms with Crippen LogP contribution in [0.2, 0.25) is 0 Å². The van der Waals surface area contributed by atoms with Gasteiger partial charge >= 0.3 is 5.97 Å². The minimum absolute atomic E-state index is 0.102. The number of ether oxygens (including phenoxy) is 1. The number of likely N-dealkylation sites (N-methyl/N-ethyl adjacent to an activating group) is 1. The van der Waals surface area contributed by atoms with Crippen LogP contribution in [0.4, 0.5) is 0 Å². The highest BCUT2D eigenvalue weighted by atomic mass is 32.2. The zero-order chi connectivity index (χ0) is 16.4. The summed E-state index contributed by atoms with van der Waals surface area (Å²) in [5.74, 6) is -1.18. The average molecular weight is 316 g/mol. The van der Waals surface area contributed by atoms with Crippen molar-refractivity contribution in [1.82, 2.24) is 4.90 Å². The van der Waals surface area contributed by atoms with Crippen LogP contribution in [0.1, 0.15) is 24.2 Å². The summed E-state index contributed by atoms with van der Waals surface area (Å²) >= 11 is 0. The summed E-state index contributed by atoms with van der Waals surface area (Å²) < 4.78 is 28.1. The van der Waals surface area contributed by atoms with Crippen LogP contribution in [0.5, 0.6) is 5.75 Å². The van der Waals surface area contributed by atoms with Crippen LogP contribution >= 0.6 is 0 Å². The third-order valence-electron chi connectivity index (χ3n) is 3.30. The molecule has 21 heavy (non-hydrogen) atoms. The standard InChI is InChI=1S/C13H20N2O5S/c1-13(2,15(3)4)8-20-11-6-5-9(21(14,18)19)7-10(11)12(16)17/h5-7H,8H2,1-4H3,(H,16,17)(H2,14,18,19). The number of benzene rings is 1. The lowest BCUT2D eigenvalue weighted by molar-refractivity contribution is 0.0684. The Bertz CT molecular complexity index is 638. The lowest BCUT2D eigenvalue weighted by Gasteiger charge is -2.32. The molecule has 0 radical (unpaired) electrons. The van der Waals surface area contributed by atoms with E-state index < -0.39 is 16.0 Å². The lowest BCUT2D eigenvalue weighted by atomic mass is 10.1. The van der Waals surface area contributed by atoms with Crippen molar-refractivity contribution in [2.45, 2.75) is 24.3 Å². The molecular weight excluding hydrogens is 296 g/mol. The topological polar surface area (TPSA) is 110 Å². The quantitative estimate of drug-likeness (QED) is 0.801. The Morgan fingerprint density at radius 2 is 1.95 bits per heavy atom. The Labute approximate surface area is 124 Å². The van der Waals surface area contributed by atoms with Gasteiger partial charge in [0.1, 0.15) is 17.9 Å². The van der Waals surface area contributed by atoms with Gasteiger partial charge in [-0.3, -0.25) is 0 Å². The number of nitrogens with zero attached hydrogens (tertiary/aromatic N) is 1. The maximum atomic E-state index is 11.3. The predicted octanol–water partition coefficient (Wildman–Crippen LogP) is 0.751. The maximum absolute atomic E-state index is 11.3. The van der Waals surface area contributed by atoms with Crippen molar-refractivity contribution in [3.05, 3.63) is 23.8 Å². The normalized spacial score (nSPS) is 12.5. The molecule has 0 aliphatic heterocycles. The Morgan fingerprint density at radius 1 is 1.38 bits per heavy atom. The summed E-state index contributed by atoms with van der Waals surface area (Å²) in [6.45, 7) is 4.12. The number of nitrogens with two attached hydrogens (primary N) is 1. The van der Waals surface area contributed by atoms with Crippen molar-refractivity contribution in [1.29, 1.82) is 0 Å². The molecule has 8 heteroatoms. The lowest BCUT2D eigenvalue weighted by Crippen LogP contribution is -2.43. The van der Waals surface area contributed by atoms with Gasteiger partial charge in [-0.25, -0.2) is 18.4 Å². The van der Waals surface area contributed by atoms with Crippen LogP contribution in [0.15, 0.2) is 23.1 Å². The van der Waals surface area contributed by atoms with Crippen molar-refractivity contribution >= 4 is 16.0 Å². The molecule has 118 valence electrons. The minimum Gasteiger partial charge on any atom is -0.491 e. The van der Waals surface area contributed by atoms with Gasteiger partial charge in [-0.1, -0.05) is 0 Å². The molecule has 1 aromatic rings. The number of hydrogen-bond acceptors (Lipinski definition) is 5. The molecule has 0 aromatic heterocycles. The fraction of sp³-hybridized carbons (Fsp3) is 0.462. The Balaban J connectivity index is 3.12. The fourth-order valence-corrected chi connectivity index (χ4v) is 1.90. The summed E-state index contributed by atoms with van der Waals surface area (Å²) in [6, 6.07) is 3.52. The van der Waals surface area contributed by atoms with E-state index in [9.17, 15) is 13.2 Å². The first kappa shape index (κ1) is 17.4. The van der Waals surface area contributed by atoms with E-state index >= 15 is 0 Å². The molecule has 0 aliphatic rings. The zero-order valence-electron chi connectivity index (χ0n) is 12.5. The number of carboxylic acids is 1. The molecule has 0 heterocycles. The van der Waals surface area contributed by atoms with Crippen LogP contribution in [-0.2, 0) is 10.0 Å². The number of primary sulfonamides is 1. The van der Waals surface area contributed by atoms with E-state index in [4.69, 9.17) is 15.0 Å². The average Bonchev–Trinajstić information content (AvgIpc) is 2.34. The molecule has 0 unspecified atom stereocenters. The second-order valence-corrected chi connectivity index (χ2v) is 7.07. The van der Waals surface area contributed by atoms with E-state index in [0.717, 1.165) is 6.07 Å². The number of rotatable bonds is 6. The Morgan fingerprint density at radius 3 is 2.38 bits per heavy atom. The van der Waals surface area contributed by atoms with Crippen LogP contribution in [0.25, 0.3) is 0 Å². The number of sulfonamides is 1. The van der Waals surface area contributed by atoms with Crippen molar-refractivity contribution in [2.24, 2.45) is 5.14 Å². The van der Waals surface area contributed by atoms with Crippen LogP contribution in [-0.4, -0.2) is 50.6 Å². The summed E-state index contributed by atoms with van der Waals surface area (Å²) in [7, 11) is -0.198. The fourth-order valence-electron chi connectivity index (χ4n) is 1.36. The number of carbonyl (C=O) groups is 1. The zero-order valence-corrected chi connectivity index (χ0v) is 13.3. The van der Waals surface area contributed by atoms with E-state index in [2.05, 4.69) is 0 Å². The smallest absolute Gasteiger partial charge is 0.339 e. The van der Waals surface area contributed by atoms with Crippen molar-refractivity contribution in [2.75, 3.05) is 20.7 Å². The molecule has 0 aliphatic carbocycles. The van der Waals surface area contributed by atoms with E-state index in [1.807, 2.05) is 32.8 Å². The van der Waals surface area contributed by atoms with E-state index in [-0.39, 0.29) is 28.4 Å². The first-order valence-electron chi connectivity index (χ1n) is 6.15. The molecule has 3 N–H and O–H groups in total. The van der Waals surface area contributed by atoms with Gasteiger partial charge in [0, 0.05) is 5.54 Å². The minimum atomic E-state index is -3.96. The molecule has 0 saturated heterocycles. The van der Waals surface area contributed by atoms with Crippen LogP contribution in [0.3, 0.4) is 0 Å². The first-order valence-corrected chi connectivity index (χ1v) is 7.70. The monoisotopic (exact) mass is 316 g/mol. The second kappa shape index (κ2) is 6.00. The number of aromatic carboxylic acids is 1. The third-order valence-corrected chi connectivity index (χ3v) is 4.21.